The van der Waals surface area contributed by atoms with Gasteiger partial charge in [-0.3, -0.25) is 28.9 Å². The molecule has 170 valence electrons. The maximum atomic E-state index is 13.6. The predicted molar refractivity (Wildman–Crippen MR) is 119 cm³/mol. The maximum absolute atomic E-state index is 13.6. The molecule has 3 aliphatic rings. The molecule has 0 aliphatic heterocycles. The fourth-order valence-electron chi connectivity index (χ4n) is 5.60. The number of hydrogen-bond acceptors (Lipinski definition) is 8. The zero-order valence-corrected chi connectivity index (χ0v) is 20.0. The van der Waals surface area contributed by atoms with Crippen LogP contribution in [0.3, 0.4) is 0 Å². The van der Waals surface area contributed by atoms with E-state index in [1.54, 1.807) is 0 Å². The fourth-order valence-corrected chi connectivity index (χ4v) is 6.64. The topological polar surface area (TPSA) is 155 Å². The Morgan fingerprint density at radius 3 is 2.44 bits per heavy atom. The van der Waals surface area contributed by atoms with E-state index in [2.05, 4.69) is 0 Å². The van der Waals surface area contributed by atoms with Crippen molar-refractivity contribution in [3.63, 3.8) is 0 Å². The van der Waals surface area contributed by atoms with E-state index >= 15 is 0 Å². The quantitative estimate of drug-likeness (QED) is 0.333. The van der Waals surface area contributed by atoms with E-state index in [1.165, 1.54) is 25.1 Å². The number of benzene rings is 1. The van der Waals surface area contributed by atoms with Crippen LogP contribution in [0, 0.1) is 27.2 Å². The second-order valence-electron chi connectivity index (χ2n) is 8.83. The Morgan fingerprint density at radius 1 is 1.25 bits per heavy atom. The zero-order valence-electron chi connectivity index (χ0n) is 17.1. The van der Waals surface area contributed by atoms with Crippen LogP contribution in [-0.4, -0.2) is 69.9 Å². The Hall–Kier alpha value is -1.89. The van der Waals surface area contributed by atoms with E-state index in [4.69, 9.17) is 17.3 Å². The summed E-state index contributed by atoms with van der Waals surface area (Å²) in [6.45, 7) is 0. The first-order valence-corrected chi connectivity index (χ1v) is 11.3. The Balaban J connectivity index is 1.89. The average molecular weight is 575 g/mol. The van der Waals surface area contributed by atoms with E-state index in [-0.39, 0.29) is 29.2 Å². The second kappa shape index (κ2) is 7.57. The Morgan fingerprint density at radius 2 is 1.88 bits per heavy atom. The van der Waals surface area contributed by atoms with Gasteiger partial charge in [-0.2, -0.15) is 0 Å². The lowest BCUT2D eigenvalue weighted by Crippen LogP contribution is -2.74. The number of aromatic hydroxyl groups is 1. The number of carbonyl (C=O) groups excluding carboxylic acids is 5. The molecule has 0 saturated heterocycles. The molecule has 4 rings (SSSR count). The third-order valence-corrected chi connectivity index (χ3v) is 8.12. The molecule has 2 fully saturated rings. The van der Waals surface area contributed by atoms with Gasteiger partial charge in [0.15, 0.2) is 34.7 Å². The zero-order chi connectivity index (χ0) is 23.9. The molecule has 32 heavy (non-hydrogen) atoms. The third-order valence-electron chi connectivity index (χ3n) is 6.96. The molecular weight excluding hydrogens is 555 g/mol. The molecule has 0 heterocycles. The van der Waals surface area contributed by atoms with Gasteiger partial charge in [0.25, 0.3) is 0 Å². The normalized spacial score (nSPS) is 34.2. The maximum Gasteiger partial charge on any atom is 0.235 e. The number of aliphatic hydroxyl groups is 1. The lowest BCUT2D eigenvalue weighted by atomic mass is 9.52. The van der Waals surface area contributed by atoms with Crippen molar-refractivity contribution in [2.45, 2.75) is 24.5 Å². The summed E-state index contributed by atoms with van der Waals surface area (Å²) in [5.74, 6) is -10.7. The first kappa shape index (κ1) is 23.3. The van der Waals surface area contributed by atoms with Gasteiger partial charge in [0.1, 0.15) is 5.75 Å². The summed E-state index contributed by atoms with van der Waals surface area (Å²) >= 11 is 8.13. The Labute approximate surface area is 201 Å². The van der Waals surface area contributed by atoms with Gasteiger partial charge in [0, 0.05) is 10.9 Å². The Bertz CT molecular complexity index is 1120. The van der Waals surface area contributed by atoms with Gasteiger partial charge in [-0.1, -0.05) is 11.6 Å². The van der Waals surface area contributed by atoms with Crippen LogP contribution in [0.4, 0.5) is 0 Å². The highest BCUT2D eigenvalue weighted by Crippen LogP contribution is 2.51. The molecule has 0 radical (unpaired) electrons. The highest BCUT2D eigenvalue weighted by molar-refractivity contribution is 14.1. The summed E-state index contributed by atoms with van der Waals surface area (Å²) < 4.78 is 0.318. The van der Waals surface area contributed by atoms with E-state index in [0.29, 0.717) is 9.13 Å². The van der Waals surface area contributed by atoms with Gasteiger partial charge in [0.05, 0.1) is 21.1 Å². The number of primary amides is 1. The largest absolute Gasteiger partial charge is 0.506 e. The van der Waals surface area contributed by atoms with Crippen LogP contribution in [0.2, 0.25) is 5.02 Å². The minimum absolute atomic E-state index is 0.00697. The number of nitrogens with two attached hydrogens (primary N) is 1. The van der Waals surface area contributed by atoms with E-state index in [1.807, 2.05) is 22.6 Å². The van der Waals surface area contributed by atoms with Crippen molar-refractivity contribution in [3.8, 4) is 5.75 Å². The van der Waals surface area contributed by atoms with Gasteiger partial charge < -0.3 is 15.9 Å². The first-order chi connectivity index (χ1) is 14.8. The number of Topliss-reactive ketones (excluding diaryl/α,β-unsaturated/α-hetero) is 4. The number of halogens is 2. The Kier molecular flexibility index (Phi) is 5.51. The smallest absolute Gasteiger partial charge is 0.235 e. The molecule has 4 N–H and O–H groups in total. The van der Waals surface area contributed by atoms with Crippen molar-refractivity contribution >= 4 is 63.2 Å². The monoisotopic (exact) mass is 574 g/mol. The number of amides is 1. The molecule has 0 aromatic heterocycles. The summed E-state index contributed by atoms with van der Waals surface area (Å²) in [5.41, 5.74) is 2.84. The van der Waals surface area contributed by atoms with Crippen LogP contribution < -0.4 is 5.73 Å². The van der Waals surface area contributed by atoms with Crippen LogP contribution in [-0.2, 0) is 25.6 Å². The summed E-state index contributed by atoms with van der Waals surface area (Å²) in [7, 11) is 3.07. The number of phenols is 1. The number of hydrogen-bond donors (Lipinski definition) is 3. The van der Waals surface area contributed by atoms with Crippen LogP contribution in [0.1, 0.15) is 22.3 Å². The van der Waals surface area contributed by atoms with Crippen molar-refractivity contribution in [2.24, 2.45) is 29.4 Å². The molecule has 0 spiro atoms. The van der Waals surface area contributed by atoms with Gasteiger partial charge >= 0.3 is 0 Å². The van der Waals surface area contributed by atoms with E-state index < -0.39 is 64.4 Å². The summed E-state index contributed by atoms with van der Waals surface area (Å²) in [4.78, 5) is 66.4. The van der Waals surface area contributed by atoms with E-state index in [0.717, 1.165) is 0 Å². The lowest BCUT2D eigenvalue weighted by molar-refractivity contribution is -0.181. The molecule has 11 heteroatoms. The van der Waals surface area contributed by atoms with Crippen molar-refractivity contribution < 1.29 is 34.2 Å². The molecule has 9 nitrogen and oxygen atoms in total. The minimum Gasteiger partial charge on any atom is -0.506 e. The van der Waals surface area contributed by atoms with Gasteiger partial charge in [-0.15, -0.1) is 0 Å². The first-order valence-electron chi connectivity index (χ1n) is 9.88. The van der Waals surface area contributed by atoms with Gasteiger partial charge in [0.2, 0.25) is 5.91 Å². The molecule has 1 amide bonds. The van der Waals surface area contributed by atoms with Crippen LogP contribution in [0.5, 0.6) is 5.75 Å². The predicted octanol–water partition coefficient (Wildman–Crippen LogP) is 0.125. The standard InChI is InChI=1S/C21H20ClIN2O7/c1-25(2)14-8-4-6-3-7-9(22)5-10(23)15(26)12(7)16(27)11(6)18(29)21(8,32)19(30)13(17(14)28)20(24)31/h5-6,8,11,13-14,26,32H,3-4H2,1-2H3,(H2,24,31)/t6-,8-,11?,13?,14-,21-/m0/s1. The number of phenolic OH excluding ortho intramolecular Hbond substituents is 1. The molecule has 2 unspecified atom stereocenters. The highest BCUT2D eigenvalue weighted by Gasteiger charge is 2.69. The lowest BCUT2D eigenvalue weighted by Gasteiger charge is -2.52. The summed E-state index contributed by atoms with van der Waals surface area (Å²) in [5, 5.41) is 22.2. The van der Waals surface area contributed by atoms with Crippen molar-refractivity contribution in [1.82, 2.24) is 4.90 Å². The molecule has 1 aromatic carbocycles. The number of likely N-dealkylation sites (N-methyl/N-ethyl adjacent to an activating group) is 1. The van der Waals surface area contributed by atoms with Crippen LogP contribution >= 0.6 is 34.2 Å². The number of nitrogens with zero attached hydrogens (tertiary/aromatic N) is 1. The number of carbonyl (C=O) groups is 5. The molecule has 3 aliphatic carbocycles. The highest BCUT2D eigenvalue weighted by atomic mass is 127. The van der Waals surface area contributed by atoms with Crippen LogP contribution in [0.25, 0.3) is 0 Å². The number of fused-ring (bicyclic) bond motifs is 3. The number of rotatable bonds is 2. The molecule has 0 bridgehead atoms. The summed E-state index contributed by atoms with van der Waals surface area (Å²) in [6, 6.07) is 0.385. The molecular formula is C21H20ClIN2O7. The molecule has 6 atom stereocenters. The van der Waals surface area contributed by atoms with Crippen molar-refractivity contribution in [1.29, 1.82) is 0 Å². The minimum atomic E-state index is -2.72. The second-order valence-corrected chi connectivity index (χ2v) is 10.4. The molecule has 2 saturated carbocycles. The SMILES string of the molecule is CN(C)[C@@H]1C(=O)C(C(N)=O)C(=O)[C@@]2(O)C(=O)C3C(=O)c4c(O)c(I)cc(Cl)c4C[C@H]3C[C@@H]12. The van der Waals surface area contributed by atoms with E-state index in [9.17, 15) is 34.2 Å². The van der Waals surface area contributed by atoms with Crippen LogP contribution in [0.15, 0.2) is 6.07 Å². The van der Waals surface area contributed by atoms with Crippen molar-refractivity contribution in [2.75, 3.05) is 14.1 Å². The number of ketones is 4. The average Bonchev–Trinajstić information content (AvgIpc) is 2.68. The third kappa shape index (κ3) is 2.92. The summed E-state index contributed by atoms with van der Waals surface area (Å²) in [6.07, 6.45) is 0.141. The van der Waals surface area contributed by atoms with Gasteiger partial charge in [-0.05, 0) is 67.1 Å². The molecule has 1 aromatic rings. The van der Waals surface area contributed by atoms with Crippen molar-refractivity contribution in [3.05, 3.63) is 25.8 Å². The fraction of sp³-hybridized carbons (Fsp3) is 0.476. The van der Waals surface area contributed by atoms with Gasteiger partial charge in [-0.25, -0.2) is 0 Å².